The molecule has 3 heterocycles. The molecule has 8 nitrogen and oxygen atoms in total. The largest absolute Gasteiger partial charge is 0.377 e. The molecular weight excluding hydrogens is 354 g/mol. The predicted octanol–water partition coefficient (Wildman–Crippen LogP) is 1.42. The Bertz CT molecular complexity index is 622. The first kappa shape index (κ1) is 21.0. The van der Waals surface area contributed by atoms with E-state index in [1.807, 2.05) is 4.68 Å². The van der Waals surface area contributed by atoms with Crippen molar-refractivity contribution in [3.05, 3.63) is 11.6 Å². The molecule has 1 aromatic rings. The molecule has 0 aromatic carbocycles. The van der Waals surface area contributed by atoms with Crippen LogP contribution in [0.4, 0.5) is 0 Å². The van der Waals surface area contributed by atoms with Crippen molar-refractivity contribution in [1.29, 1.82) is 0 Å². The van der Waals surface area contributed by atoms with E-state index in [2.05, 4.69) is 39.5 Å². The van der Waals surface area contributed by atoms with Gasteiger partial charge in [0.05, 0.1) is 6.54 Å². The number of piperidine rings is 1. The topological polar surface area (TPSA) is 79.6 Å². The van der Waals surface area contributed by atoms with E-state index in [1.54, 1.807) is 7.11 Å². The predicted molar refractivity (Wildman–Crippen MR) is 111 cm³/mol. The molecule has 1 aromatic heterocycles. The maximum absolute atomic E-state index is 5.15. The number of fused-ring (bicyclic) bond motifs is 1. The second-order valence-corrected chi connectivity index (χ2v) is 7.87. The molecule has 0 amide bonds. The van der Waals surface area contributed by atoms with Crippen LogP contribution in [0.25, 0.3) is 0 Å². The molecule has 28 heavy (non-hydrogen) atoms. The molecule has 0 aliphatic carbocycles. The number of likely N-dealkylation sites (tertiary alicyclic amines) is 1. The second-order valence-electron chi connectivity index (χ2n) is 7.87. The van der Waals surface area contributed by atoms with Gasteiger partial charge < -0.3 is 20.3 Å². The molecule has 2 N–H and O–H groups in total. The third-order valence-electron chi connectivity index (χ3n) is 5.82. The Labute approximate surface area is 169 Å². The standard InChI is InChI=1S/C20H37N7O/c1-4-21-20(22-11-8-16-9-12-26(5-2)13-10-16)23-17-6-7-19-24-18(15-28-3)25-27(19)14-17/h16-17H,4-15H2,1-3H3,(H2,21,22,23). The van der Waals surface area contributed by atoms with Crippen LogP contribution in [-0.2, 0) is 24.3 Å². The molecule has 1 unspecified atom stereocenters. The molecule has 8 heteroatoms. The molecule has 0 saturated carbocycles. The van der Waals surface area contributed by atoms with Crippen LogP contribution in [-0.4, -0.2) is 71.5 Å². The Kier molecular flexibility index (Phi) is 8.09. The van der Waals surface area contributed by atoms with Crippen molar-refractivity contribution in [1.82, 2.24) is 30.3 Å². The fourth-order valence-electron chi connectivity index (χ4n) is 4.13. The van der Waals surface area contributed by atoms with Crippen LogP contribution >= 0.6 is 0 Å². The number of rotatable bonds is 8. The minimum atomic E-state index is 0.329. The zero-order chi connectivity index (χ0) is 19.8. The van der Waals surface area contributed by atoms with Crippen molar-refractivity contribution < 1.29 is 4.74 Å². The third kappa shape index (κ3) is 5.91. The fraction of sp³-hybridized carbons (Fsp3) is 0.850. The molecule has 158 valence electrons. The Hall–Kier alpha value is -1.67. The highest BCUT2D eigenvalue weighted by Crippen LogP contribution is 2.20. The van der Waals surface area contributed by atoms with Crippen molar-refractivity contribution >= 4 is 5.96 Å². The van der Waals surface area contributed by atoms with Crippen LogP contribution in [0.3, 0.4) is 0 Å². The van der Waals surface area contributed by atoms with E-state index in [0.29, 0.717) is 12.6 Å². The summed E-state index contributed by atoms with van der Waals surface area (Å²) in [5.74, 6) is 3.58. The number of ether oxygens (including phenoxy) is 1. The van der Waals surface area contributed by atoms with Crippen molar-refractivity contribution in [2.45, 2.75) is 65.1 Å². The van der Waals surface area contributed by atoms with Crippen LogP contribution in [0.2, 0.25) is 0 Å². The lowest BCUT2D eigenvalue weighted by Crippen LogP contribution is -2.47. The van der Waals surface area contributed by atoms with Gasteiger partial charge in [0.1, 0.15) is 12.4 Å². The van der Waals surface area contributed by atoms with Crippen LogP contribution in [0.5, 0.6) is 0 Å². The van der Waals surface area contributed by atoms with E-state index in [9.17, 15) is 0 Å². The van der Waals surface area contributed by atoms with Crippen LogP contribution in [0, 0.1) is 5.92 Å². The number of guanidine groups is 1. The lowest BCUT2D eigenvalue weighted by Gasteiger charge is -2.30. The van der Waals surface area contributed by atoms with Crippen LogP contribution < -0.4 is 10.6 Å². The number of hydrogen-bond donors (Lipinski definition) is 2. The molecule has 2 aliphatic heterocycles. The summed E-state index contributed by atoms with van der Waals surface area (Å²) < 4.78 is 7.16. The SMILES string of the molecule is CCNC(=NCCC1CCN(CC)CC1)NC1CCc2nc(COC)nn2C1. The van der Waals surface area contributed by atoms with Gasteiger partial charge in [0.2, 0.25) is 0 Å². The monoisotopic (exact) mass is 391 g/mol. The number of aryl methyl sites for hydroxylation is 1. The first-order chi connectivity index (χ1) is 13.7. The van der Waals surface area contributed by atoms with E-state index in [0.717, 1.165) is 56.0 Å². The quantitative estimate of drug-likeness (QED) is 0.515. The molecule has 3 rings (SSSR count). The molecule has 1 saturated heterocycles. The first-order valence-electron chi connectivity index (χ1n) is 10.9. The molecule has 1 fully saturated rings. The van der Waals surface area contributed by atoms with Gasteiger partial charge in [-0.05, 0) is 58.2 Å². The van der Waals surface area contributed by atoms with Gasteiger partial charge in [-0.3, -0.25) is 4.99 Å². The van der Waals surface area contributed by atoms with Crippen molar-refractivity contribution in [2.75, 3.05) is 39.8 Å². The van der Waals surface area contributed by atoms with Gasteiger partial charge >= 0.3 is 0 Å². The van der Waals surface area contributed by atoms with E-state index >= 15 is 0 Å². The Morgan fingerprint density at radius 1 is 1.25 bits per heavy atom. The Balaban J connectivity index is 1.48. The van der Waals surface area contributed by atoms with Gasteiger partial charge in [-0.15, -0.1) is 0 Å². The zero-order valence-corrected chi connectivity index (χ0v) is 17.8. The first-order valence-corrected chi connectivity index (χ1v) is 10.9. The maximum Gasteiger partial charge on any atom is 0.191 e. The van der Waals surface area contributed by atoms with E-state index < -0.39 is 0 Å². The van der Waals surface area contributed by atoms with Gasteiger partial charge in [-0.2, -0.15) is 5.10 Å². The summed E-state index contributed by atoms with van der Waals surface area (Å²) in [5, 5.41) is 11.6. The van der Waals surface area contributed by atoms with Gasteiger partial charge in [-0.1, -0.05) is 6.92 Å². The summed E-state index contributed by atoms with van der Waals surface area (Å²) >= 11 is 0. The highest BCUT2D eigenvalue weighted by molar-refractivity contribution is 5.80. The minimum Gasteiger partial charge on any atom is -0.377 e. The Morgan fingerprint density at radius 2 is 2.07 bits per heavy atom. The van der Waals surface area contributed by atoms with Gasteiger partial charge in [0.15, 0.2) is 11.8 Å². The highest BCUT2D eigenvalue weighted by atomic mass is 16.5. The third-order valence-corrected chi connectivity index (χ3v) is 5.82. The number of hydrogen-bond acceptors (Lipinski definition) is 5. The fourth-order valence-corrected chi connectivity index (χ4v) is 4.13. The molecular formula is C20H37N7O. The van der Waals surface area contributed by atoms with Gasteiger partial charge in [0.25, 0.3) is 0 Å². The smallest absolute Gasteiger partial charge is 0.191 e. The number of aliphatic imine (C=N–C) groups is 1. The average Bonchev–Trinajstić information content (AvgIpc) is 3.10. The van der Waals surface area contributed by atoms with Crippen molar-refractivity contribution in [3.8, 4) is 0 Å². The molecule has 0 radical (unpaired) electrons. The summed E-state index contributed by atoms with van der Waals surface area (Å²) in [6, 6.07) is 0.329. The van der Waals surface area contributed by atoms with E-state index in [-0.39, 0.29) is 0 Å². The zero-order valence-electron chi connectivity index (χ0n) is 17.8. The van der Waals surface area contributed by atoms with Gasteiger partial charge in [0, 0.05) is 32.7 Å². The number of nitrogens with zero attached hydrogens (tertiary/aromatic N) is 5. The van der Waals surface area contributed by atoms with Crippen molar-refractivity contribution in [3.63, 3.8) is 0 Å². The lowest BCUT2D eigenvalue weighted by atomic mass is 9.94. The summed E-state index contributed by atoms with van der Waals surface area (Å²) in [6.07, 6.45) is 5.80. The van der Waals surface area contributed by atoms with Crippen LogP contribution in [0.15, 0.2) is 4.99 Å². The summed E-state index contributed by atoms with van der Waals surface area (Å²) in [4.78, 5) is 11.9. The summed E-state index contributed by atoms with van der Waals surface area (Å²) in [7, 11) is 1.68. The van der Waals surface area contributed by atoms with Crippen LogP contribution in [0.1, 0.15) is 51.2 Å². The normalized spacial score (nSPS) is 21.5. The summed E-state index contributed by atoms with van der Waals surface area (Å²) in [6.45, 7) is 11.1. The Morgan fingerprint density at radius 3 is 2.79 bits per heavy atom. The van der Waals surface area contributed by atoms with Crippen molar-refractivity contribution in [2.24, 2.45) is 10.9 Å². The second kappa shape index (κ2) is 10.8. The average molecular weight is 392 g/mol. The lowest BCUT2D eigenvalue weighted by molar-refractivity contribution is 0.177. The minimum absolute atomic E-state index is 0.329. The highest BCUT2D eigenvalue weighted by Gasteiger charge is 2.22. The molecule has 0 bridgehead atoms. The maximum atomic E-state index is 5.15. The molecule has 2 aliphatic rings. The van der Waals surface area contributed by atoms with E-state index in [4.69, 9.17) is 9.73 Å². The molecule has 1 atom stereocenters. The van der Waals surface area contributed by atoms with E-state index in [1.165, 1.54) is 38.9 Å². The summed E-state index contributed by atoms with van der Waals surface area (Å²) in [5.41, 5.74) is 0. The molecule has 0 spiro atoms. The number of aromatic nitrogens is 3. The number of nitrogens with one attached hydrogen (secondary N) is 2. The number of methoxy groups -OCH3 is 1. The van der Waals surface area contributed by atoms with Gasteiger partial charge in [-0.25, -0.2) is 9.67 Å².